The van der Waals surface area contributed by atoms with Crippen LogP contribution in [-0.2, 0) is 4.79 Å². The Balaban J connectivity index is 1.52. The van der Waals surface area contributed by atoms with Crippen molar-refractivity contribution in [3.63, 3.8) is 0 Å². The van der Waals surface area contributed by atoms with Crippen molar-refractivity contribution in [1.29, 1.82) is 0 Å². The average Bonchev–Trinajstić information content (AvgIpc) is 2.98. The van der Waals surface area contributed by atoms with Crippen molar-refractivity contribution >= 4 is 34.2 Å². The molecule has 0 saturated heterocycles. The molecule has 0 aliphatic rings. The van der Waals surface area contributed by atoms with Crippen LogP contribution in [0.1, 0.15) is 10.7 Å². The van der Waals surface area contributed by atoms with Gasteiger partial charge in [-0.15, -0.1) is 11.3 Å². The van der Waals surface area contributed by atoms with Crippen molar-refractivity contribution in [2.24, 2.45) is 5.10 Å². The quantitative estimate of drug-likeness (QED) is 0.579. The molecule has 0 bridgehead atoms. The van der Waals surface area contributed by atoms with Crippen LogP contribution in [0.15, 0.2) is 52.9 Å². The molecule has 0 atom stereocenters. The topological polar surface area (TPSA) is 63.6 Å². The molecule has 23 heavy (non-hydrogen) atoms. The fourth-order valence-corrected chi connectivity index (χ4v) is 2.61. The first-order chi connectivity index (χ1) is 11.2. The number of thiazole rings is 1. The summed E-state index contributed by atoms with van der Waals surface area (Å²) >= 11 is 1.53. The van der Waals surface area contributed by atoms with Gasteiger partial charge < -0.3 is 4.74 Å². The molecule has 2 aromatic carbocycles. The minimum absolute atomic E-state index is 0.0915. The van der Waals surface area contributed by atoms with E-state index in [0.29, 0.717) is 5.75 Å². The van der Waals surface area contributed by atoms with Gasteiger partial charge in [-0.2, -0.15) is 5.10 Å². The van der Waals surface area contributed by atoms with Gasteiger partial charge in [0.05, 0.1) is 16.9 Å². The third kappa shape index (κ3) is 4.14. The lowest BCUT2D eigenvalue weighted by molar-refractivity contribution is -0.123. The predicted molar refractivity (Wildman–Crippen MR) is 92.0 cm³/mol. The number of nitrogens with one attached hydrogen (secondary N) is 1. The predicted octanol–water partition coefficient (Wildman–Crippen LogP) is 3.13. The second-order valence-electron chi connectivity index (χ2n) is 4.88. The minimum atomic E-state index is -0.318. The van der Waals surface area contributed by atoms with E-state index in [0.717, 1.165) is 21.5 Å². The number of nitrogens with zero attached hydrogens (tertiary/aromatic N) is 2. The van der Waals surface area contributed by atoms with Gasteiger partial charge in [-0.25, -0.2) is 10.4 Å². The lowest BCUT2D eigenvalue weighted by atomic mass is 10.1. The van der Waals surface area contributed by atoms with E-state index in [1.54, 1.807) is 0 Å². The maximum Gasteiger partial charge on any atom is 0.277 e. The number of amides is 1. The van der Waals surface area contributed by atoms with Gasteiger partial charge in [0.1, 0.15) is 5.75 Å². The van der Waals surface area contributed by atoms with Gasteiger partial charge in [0.2, 0.25) is 0 Å². The fourth-order valence-electron chi connectivity index (χ4n) is 2.05. The normalized spacial score (nSPS) is 11.0. The minimum Gasteiger partial charge on any atom is -0.484 e. The summed E-state index contributed by atoms with van der Waals surface area (Å²) in [5.74, 6) is 0.333. The van der Waals surface area contributed by atoms with Gasteiger partial charge in [-0.3, -0.25) is 4.79 Å². The number of aromatic nitrogens is 1. The van der Waals surface area contributed by atoms with Crippen LogP contribution in [0.3, 0.4) is 0 Å². The number of benzene rings is 2. The highest BCUT2D eigenvalue weighted by atomic mass is 32.1. The van der Waals surface area contributed by atoms with Gasteiger partial charge in [-0.1, -0.05) is 30.3 Å². The number of hydrazone groups is 1. The van der Waals surface area contributed by atoms with Crippen molar-refractivity contribution < 1.29 is 9.53 Å². The molecule has 1 aromatic heterocycles. The number of aryl methyl sites for hydroxylation is 1. The van der Waals surface area contributed by atoms with E-state index in [9.17, 15) is 4.79 Å². The highest BCUT2D eigenvalue weighted by Gasteiger charge is 2.02. The highest BCUT2D eigenvalue weighted by Crippen LogP contribution is 2.20. The van der Waals surface area contributed by atoms with E-state index in [1.165, 1.54) is 17.6 Å². The zero-order chi connectivity index (χ0) is 16.1. The van der Waals surface area contributed by atoms with Crippen LogP contribution in [0.25, 0.3) is 10.8 Å². The van der Waals surface area contributed by atoms with E-state index in [1.807, 2.05) is 54.8 Å². The summed E-state index contributed by atoms with van der Waals surface area (Å²) in [5.41, 5.74) is 3.14. The molecule has 1 heterocycles. The fraction of sp³-hybridized carbons (Fsp3) is 0.118. The number of hydrogen-bond acceptors (Lipinski definition) is 5. The van der Waals surface area contributed by atoms with Gasteiger partial charge in [0, 0.05) is 5.38 Å². The third-order valence-corrected chi connectivity index (χ3v) is 3.91. The van der Waals surface area contributed by atoms with Crippen molar-refractivity contribution in [3.05, 3.63) is 58.5 Å². The molecule has 0 radical (unpaired) electrons. The molecule has 1 amide bonds. The largest absolute Gasteiger partial charge is 0.484 e. The third-order valence-electron chi connectivity index (χ3n) is 3.11. The van der Waals surface area contributed by atoms with E-state index >= 15 is 0 Å². The summed E-state index contributed by atoms with van der Waals surface area (Å²) < 4.78 is 5.48. The van der Waals surface area contributed by atoms with Crippen LogP contribution in [0.5, 0.6) is 5.75 Å². The number of ether oxygens (including phenoxy) is 1. The molecule has 0 spiro atoms. The lowest BCUT2D eigenvalue weighted by Gasteiger charge is -2.06. The van der Waals surface area contributed by atoms with Gasteiger partial charge in [0.25, 0.3) is 5.91 Å². The Kier molecular flexibility index (Phi) is 4.63. The summed E-state index contributed by atoms with van der Waals surface area (Å²) in [7, 11) is 0. The number of fused-ring (bicyclic) bond motifs is 1. The molecule has 116 valence electrons. The Morgan fingerprint density at radius 2 is 2.13 bits per heavy atom. The lowest BCUT2D eigenvalue weighted by Crippen LogP contribution is -2.24. The highest BCUT2D eigenvalue weighted by molar-refractivity contribution is 7.09. The summed E-state index contributed by atoms with van der Waals surface area (Å²) in [6.45, 7) is 1.82. The second-order valence-corrected chi connectivity index (χ2v) is 5.94. The van der Waals surface area contributed by atoms with Crippen LogP contribution in [0.4, 0.5) is 0 Å². The van der Waals surface area contributed by atoms with Crippen LogP contribution < -0.4 is 10.2 Å². The zero-order valence-corrected chi connectivity index (χ0v) is 13.3. The Morgan fingerprint density at radius 1 is 1.30 bits per heavy atom. The summed E-state index contributed by atoms with van der Waals surface area (Å²) in [4.78, 5) is 15.9. The number of carbonyl (C=O) groups is 1. The smallest absolute Gasteiger partial charge is 0.277 e. The first-order valence-corrected chi connectivity index (χ1v) is 7.94. The Bertz CT molecular complexity index is 858. The summed E-state index contributed by atoms with van der Waals surface area (Å²) in [6, 6.07) is 13.7. The van der Waals surface area contributed by atoms with Crippen LogP contribution in [-0.4, -0.2) is 23.7 Å². The van der Waals surface area contributed by atoms with Gasteiger partial charge in [0.15, 0.2) is 6.61 Å². The maximum atomic E-state index is 11.7. The molecule has 6 heteroatoms. The molecule has 3 rings (SSSR count). The molecule has 0 aliphatic heterocycles. The van der Waals surface area contributed by atoms with E-state index in [2.05, 4.69) is 15.5 Å². The summed E-state index contributed by atoms with van der Waals surface area (Å²) in [5, 5.41) is 8.89. The standard InChI is InChI=1S/C17H15N3O2S/c1-12-19-15(11-23-12)9-18-20-17(21)10-22-16-7-6-13-4-2-3-5-14(13)8-16/h2-9,11H,10H2,1H3,(H,20,21)/b18-9+. The van der Waals surface area contributed by atoms with Crippen molar-refractivity contribution in [2.75, 3.05) is 6.61 Å². The Hall–Kier alpha value is -2.73. The van der Waals surface area contributed by atoms with Crippen LogP contribution in [0.2, 0.25) is 0 Å². The van der Waals surface area contributed by atoms with E-state index < -0.39 is 0 Å². The number of carbonyl (C=O) groups excluding carboxylic acids is 1. The molecule has 0 aliphatic carbocycles. The SMILES string of the molecule is Cc1nc(/C=N/NC(=O)COc2ccc3ccccc3c2)cs1. The van der Waals surface area contributed by atoms with E-state index in [-0.39, 0.29) is 12.5 Å². The monoisotopic (exact) mass is 325 g/mol. The molecule has 0 unspecified atom stereocenters. The molecule has 0 fully saturated rings. The summed E-state index contributed by atoms with van der Waals surface area (Å²) in [6.07, 6.45) is 1.51. The Labute approximate surface area is 137 Å². The Morgan fingerprint density at radius 3 is 2.91 bits per heavy atom. The first kappa shape index (κ1) is 15.2. The van der Waals surface area contributed by atoms with Crippen LogP contribution in [0, 0.1) is 6.92 Å². The molecular weight excluding hydrogens is 310 g/mol. The number of hydrogen-bond donors (Lipinski definition) is 1. The molecule has 5 nitrogen and oxygen atoms in total. The second kappa shape index (κ2) is 7.02. The average molecular weight is 325 g/mol. The molecule has 1 N–H and O–H groups in total. The maximum absolute atomic E-state index is 11.7. The van der Waals surface area contributed by atoms with Crippen LogP contribution >= 0.6 is 11.3 Å². The van der Waals surface area contributed by atoms with Crippen molar-refractivity contribution in [1.82, 2.24) is 10.4 Å². The molecule has 0 saturated carbocycles. The molecular formula is C17H15N3O2S. The first-order valence-electron chi connectivity index (χ1n) is 7.06. The van der Waals surface area contributed by atoms with E-state index in [4.69, 9.17) is 4.74 Å². The van der Waals surface area contributed by atoms with Gasteiger partial charge >= 0.3 is 0 Å². The number of rotatable bonds is 5. The zero-order valence-electron chi connectivity index (χ0n) is 12.5. The molecule has 3 aromatic rings. The van der Waals surface area contributed by atoms with Crippen molar-refractivity contribution in [3.8, 4) is 5.75 Å². The van der Waals surface area contributed by atoms with Gasteiger partial charge in [-0.05, 0) is 29.8 Å². The van der Waals surface area contributed by atoms with Crippen molar-refractivity contribution in [2.45, 2.75) is 6.92 Å².